The van der Waals surface area contributed by atoms with E-state index in [4.69, 9.17) is 0 Å². The van der Waals surface area contributed by atoms with E-state index in [1.54, 1.807) is 6.07 Å². The Hall–Kier alpha value is -0.540. The second-order valence-corrected chi connectivity index (χ2v) is 5.99. The summed E-state index contributed by atoms with van der Waals surface area (Å²) >= 11 is 3.46. The van der Waals surface area contributed by atoms with Gasteiger partial charge in [0.15, 0.2) is 0 Å². The van der Waals surface area contributed by atoms with Crippen molar-refractivity contribution in [2.75, 3.05) is 0 Å². The highest BCUT2D eigenvalue weighted by Gasteiger charge is 2.25. The van der Waals surface area contributed by atoms with E-state index in [-0.39, 0.29) is 0 Å². The van der Waals surface area contributed by atoms with Crippen LogP contribution in [0.4, 0.5) is 0 Å². The topological polar surface area (TPSA) is 23.5 Å². The summed E-state index contributed by atoms with van der Waals surface area (Å²) in [7, 11) is 0. The highest BCUT2D eigenvalue weighted by Crippen LogP contribution is 2.28. The first-order valence-electron chi connectivity index (χ1n) is 6.31. The highest BCUT2D eigenvalue weighted by molar-refractivity contribution is 9.10. The third-order valence-corrected chi connectivity index (χ3v) is 4.26. The summed E-state index contributed by atoms with van der Waals surface area (Å²) < 4.78 is 1.03. The molecule has 1 saturated heterocycles. The van der Waals surface area contributed by atoms with Crippen LogP contribution in [0, 0.1) is 0 Å². The van der Waals surface area contributed by atoms with Crippen molar-refractivity contribution in [1.82, 2.24) is 4.90 Å². The molecule has 1 aromatic carbocycles. The first-order valence-corrected chi connectivity index (χ1v) is 7.10. The van der Waals surface area contributed by atoms with Gasteiger partial charge in [-0.05, 0) is 44.9 Å². The quantitative estimate of drug-likeness (QED) is 0.894. The predicted octanol–water partition coefficient (Wildman–Crippen LogP) is 3.92. The maximum absolute atomic E-state index is 9.89. The average Bonchev–Trinajstić information content (AvgIpc) is 2.28. The molecular weight excluding hydrogens is 278 g/mol. The van der Waals surface area contributed by atoms with E-state index in [1.165, 1.54) is 19.3 Å². The van der Waals surface area contributed by atoms with Crippen molar-refractivity contribution in [1.29, 1.82) is 0 Å². The number of nitrogens with zero attached hydrogens (tertiary/aromatic N) is 1. The highest BCUT2D eigenvalue weighted by atomic mass is 79.9. The molecule has 2 rings (SSSR count). The Morgan fingerprint density at radius 3 is 2.59 bits per heavy atom. The van der Waals surface area contributed by atoms with Crippen LogP contribution in [-0.4, -0.2) is 22.1 Å². The van der Waals surface area contributed by atoms with Gasteiger partial charge < -0.3 is 5.11 Å². The Balaban J connectivity index is 2.16. The lowest BCUT2D eigenvalue weighted by Gasteiger charge is -2.39. The molecule has 0 saturated carbocycles. The van der Waals surface area contributed by atoms with Crippen LogP contribution in [0.3, 0.4) is 0 Å². The molecule has 2 unspecified atom stereocenters. The zero-order chi connectivity index (χ0) is 12.4. The van der Waals surface area contributed by atoms with E-state index in [0.29, 0.717) is 17.8 Å². The maximum atomic E-state index is 9.89. The number of likely N-dealkylation sites (tertiary alicyclic amines) is 1. The summed E-state index contributed by atoms with van der Waals surface area (Å²) in [6.07, 6.45) is 3.85. The number of piperidine rings is 1. The summed E-state index contributed by atoms with van der Waals surface area (Å²) in [5, 5.41) is 9.89. The van der Waals surface area contributed by atoms with E-state index in [0.717, 1.165) is 16.6 Å². The summed E-state index contributed by atoms with van der Waals surface area (Å²) in [4.78, 5) is 2.49. The molecule has 94 valence electrons. The second kappa shape index (κ2) is 5.40. The zero-order valence-electron chi connectivity index (χ0n) is 10.5. The van der Waals surface area contributed by atoms with Crippen LogP contribution >= 0.6 is 15.9 Å². The van der Waals surface area contributed by atoms with Crippen molar-refractivity contribution >= 4 is 15.9 Å². The largest absolute Gasteiger partial charge is 0.508 e. The molecule has 2 atom stereocenters. The Morgan fingerprint density at radius 1 is 1.29 bits per heavy atom. The lowest BCUT2D eigenvalue weighted by atomic mass is 9.96. The van der Waals surface area contributed by atoms with Gasteiger partial charge >= 0.3 is 0 Å². The number of hydrogen-bond acceptors (Lipinski definition) is 2. The number of phenolic OH excluding ortho intramolecular Hbond substituents is 1. The smallest absolute Gasteiger partial charge is 0.120 e. The first kappa shape index (κ1) is 12.9. The number of halogens is 1. The molecule has 17 heavy (non-hydrogen) atoms. The minimum atomic E-state index is 0.401. The minimum absolute atomic E-state index is 0.401. The molecule has 0 aromatic heterocycles. The normalized spacial score (nSPS) is 26.1. The SMILES string of the molecule is CC1CCCC(C)N1Cc1cc(Br)ccc1O. The van der Waals surface area contributed by atoms with E-state index < -0.39 is 0 Å². The maximum Gasteiger partial charge on any atom is 0.120 e. The number of benzene rings is 1. The number of rotatable bonds is 2. The molecule has 1 N–H and O–H groups in total. The molecule has 2 nitrogen and oxygen atoms in total. The van der Waals surface area contributed by atoms with Gasteiger partial charge in [-0.25, -0.2) is 0 Å². The molecule has 1 aliphatic heterocycles. The number of aromatic hydroxyl groups is 1. The monoisotopic (exact) mass is 297 g/mol. The molecule has 3 heteroatoms. The van der Waals surface area contributed by atoms with Crippen molar-refractivity contribution in [3.63, 3.8) is 0 Å². The minimum Gasteiger partial charge on any atom is -0.508 e. The number of hydrogen-bond donors (Lipinski definition) is 1. The van der Waals surface area contributed by atoms with Crippen LogP contribution in [0.2, 0.25) is 0 Å². The average molecular weight is 298 g/mol. The molecule has 0 radical (unpaired) electrons. The Morgan fingerprint density at radius 2 is 1.94 bits per heavy atom. The van der Waals surface area contributed by atoms with Gasteiger partial charge in [-0.15, -0.1) is 0 Å². The van der Waals surface area contributed by atoms with Crippen molar-refractivity contribution in [2.45, 2.75) is 51.7 Å². The van der Waals surface area contributed by atoms with Gasteiger partial charge in [0, 0.05) is 28.7 Å². The standard InChI is InChI=1S/C14H20BrNO/c1-10-4-3-5-11(2)16(10)9-12-8-13(15)6-7-14(12)17/h6-8,10-11,17H,3-5,9H2,1-2H3. The zero-order valence-corrected chi connectivity index (χ0v) is 12.1. The molecule has 1 aliphatic rings. The van der Waals surface area contributed by atoms with Gasteiger partial charge in [0.1, 0.15) is 5.75 Å². The second-order valence-electron chi connectivity index (χ2n) is 5.07. The van der Waals surface area contributed by atoms with E-state index >= 15 is 0 Å². The molecule has 0 aliphatic carbocycles. The summed E-state index contributed by atoms with van der Waals surface area (Å²) in [5.41, 5.74) is 1.01. The van der Waals surface area contributed by atoms with E-state index in [2.05, 4.69) is 34.7 Å². The summed E-state index contributed by atoms with van der Waals surface area (Å²) in [6, 6.07) is 6.87. The van der Waals surface area contributed by atoms with Crippen molar-refractivity contribution in [2.24, 2.45) is 0 Å². The molecule has 0 amide bonds. The third-order valence-electron chi connectivity index (χ3n) is 3.77. The van der Waals surface area contributed by atoms with Crippen LogP contribution in [0.1, 0.15) is 38.7 Å². The fraction of sp³-hybridized carbons (Fsp3) is 0.571. The van der Waals surface area contributed by atoms with Crippen molar-refractivity contribution < 1.29 is 5.11 Å². The fourth-order valence-corrected chi connectivity index (χ4v) is 3.07. The van der Waals surface area contributed by atoms with Gasteiger partial charge in [-0.1, -0.05) is 22.4 Å². The molecule has 1 fully saturated rings. The molecule has 1 heterocycles. The summed E-state index contributed by atoms with van der Waals surface area (Å²) in [5.74, 6) is 0.401. The van der Waals surface area contributed by atoms with Gasteiger partial charge in [0.2, 0.25) is 0 Å². The van der Waals surface area contributed by atoms with Gasteiger partial charge in [0.25, 0.3) is 0 Å². The van der Waals surface area contributed by atoms with Gasteiger partial charge in [0.05, 0.1) is 0 Å². The van der Waals surface area contributed by atoms with Crippen molar-refractivity contribution in [3.8, 4) is 5.75 Å². The van der Waals surface area contributed by atoms with Crippen LogP contribution in [0.25, 0.3) is 0 Å². The predicted molar refractivity (Wildman–Crippen MR) is 74.1 cm³/mol. The van der Waals surface area contributed by atoms with Gasteiger partial charge in [-0.2, -0.15) is 0 Å². The first-order chi connectivity index (χ1) is 8.08. The lowest BCUT2D eigenvalue weighted by molar-refractivity contribution is 0.0943. The van der Waals surface area contributed by atoms with E-state index in [1.807, 2.05) is 12.1 Å². The molecular formula is C14H20BrNO. The third kappa shape index (κ3) is 3.02. The van der Waals surface area contributed by atoms with Crippen LogP contribution in [0.15, 0.2) is 22.7 Å². The van der Waals surface area contributed by atoms with Crippen LogP contribution in [-0.2, 0) is 6.54 Å². The van der Waals surface area contributed by atoms with Crippen molar-refractivity contribution in [3.05, 3.63) is 28.2 Å². The van der Waals surface area contributed by atoms with Crippen LogP contribution < -0.4 is 0 Å². The number of phenols is 1. The Kier molecular flexibility index (Phi) is 4.10. The molecule has 0 bridgehead atoms. The lowest BCUT2D eigenvalue weighted by Crippen LogP contribution is -2.42. The van der Waals surface area contributed by atoms with Gasteiger partial charge in [-0.3, -0.25) is 4.90 Å². The Labute approximate surface area is 112 Å². The molecule has 1 aromatic rings. The van der Waals surface area contributed by atoms with E-state index in [9.17, 15) is 5.11 Å². The van der Waals surface area contributed by atoms with Crippen LogP contribution in [0.5, 0.6) is 5.75 Å². The molecule has 0 spiro atoms. The Bertz CT molecular complexity index is 384. The summed E-state index contributed by atoms with van der Waals surface area (Å²) in [6.45, 7) is 5.41. The fourth-order valence-electron chi connectivity index (χ4n) is 2.66.